The molecule has 0 bridgehead atoms. The fraction of sp³-hybridized carbons (Fsp3) is 0.571. The van der Waals surface area contributed by atoms with E-state index in [-0.39, 0.29) is 22.7 Å². The van der Waals surface area contributed by atoms with Crippen LogP contribution in [0.1, 0.15) is 12.8 Å². The normalized spacial score (nSPS) is 17.7. The maximum atomic E-state index is 12.3. The van der Waals surface area contributed by atoms with Gasteiger partial charge in [0, 0.05) is 23.5 Å². The van der Waals surface area contributed by atoms with Gasteiger partial charge < -0.3 is 10.1 Å². The second-order valence-corrected chi connectivity index (χ2v) is 8.14. The Labute approximate surface area is 146 Å². The Morgan fingerprint density at radius 2 is 1.86 bits per heavy atom. The lowest BCUT2D eigenvalue weighted by Gasteiger charge is -2.37. The zero-order valence-electron chi connectivity index (χ0n) is 12.5. The third-order valence-corrected chi connectivity index (χ3v) is 5.82. The summed E-state index contributed by atoms with van der Waals surface area (Å²) in [7, 11) is -1.82. The quantitative estimate of drug-likeness (QED) is 0.750. The highest BCUT2D eigenvalue weighted by molar-refractivity contribution is 9.10. The Morgan fingerprint density at radius 1 is 1.27 bits per heavy atom. The average Bonchev–Trinajstić information content (AvgIpc) is 2.47. The van der Waals surface area contributed by atoms with Crippen LogP contribution >= 0.6 is 28.3 Å². The lowest BCUT2D eigenvalue weighted by Crippen LogP contribution is -2.47. The Balaban J connectivity index is 0.00000242. The van der Waals surface area contributed by atoms with Gasteiger partial charge in [-0.15, -0.1) is 12.4 Å². The van der Waals surface area contributed by atoms with Crippen molar-refractivity contribution in [3.63, 3.8) is 0 Å². The fourth-order valence-electron chi connectivity index (χ4n) is 2.58. The molecule has 1 aliphatic rings. The summed E-state index contributed by atoms with van der Waals surface area (Å²) >= 11 is 3.30. The highest BCUT2D eigenvalue weighted by Crippen LogP contribution is 2.29. The molecule has 0 aliphatic carbocycles. The van der Waals surface area contributed by atoms with Crippen LogP contribution in [0.25, 0.3) is 0 Å². The van der Waals surface area contributed by atoms with E-state index < -0.39 is 10.0 Å². The van der Waals surface area contributed by atoms with Gasteiger partial charge in [0.05, 0.1) is 11.5 Å². The van der Waals surface area contributed by atoms with Crippen molar-refractivity contribution < 1.29 is 13.2 Å². The molecule has 5 nitrogen and oxygen atoms in total. The van der Waals surface area contributed by atoms with E-state index >= 15 is 0 Å². The molecule has 0 saturated carbocycles. The zero-order valence-corrected chi connectivity index (χ0v) is 15.7. The van der Waals surface area contributed by atoms with Gasteiger partial charge >= 0.3 is 0 Å². The lowest BCUT2D eigenvalue weighted by molar-refractivity contribution is 0.0577. The smallest absolute Gasteiger partial charge is 0.240 e. The number of sulfonamides is 1. The largest absolute Gasteiger partial charge is 0.384 e. The number of benzene rings is 1. The first-order valence-electron chi connectivity index (χ1n) is 6.92. The Kier molecular flexibility index (Phi) is 7.78. The van der Waals surface area contributed by atoms with Gasteiger partial charge in [0.1, 0.15) is 0 Å². The summed E-state index contributed by atoms with van der Waals surface area (Å²) in [5, 5.41) is 3.29. The standard InChI is InChI=1S/C14H21BrN2O3S.ClH/c1-20-11-14(6-8-16-9-7-14)10-17-21(18,19)13-4-2-12(15)3-5-13;/h2-5,16-17H,6-11H2,1H3;1H. The molecule has 2 N–H and O–H groups in total. The molecule has 0 amide bonds. The second kappa shape index (κ2) is 8.61. The van der Waals surface area contributed by atoms with Gasteiger partial charge in [-0.25, -0.2) is 13.1 Å². The van der Waals surface area contributed by atoms with Gasteiger partial charge in [0.25, 0.3) is 0 Å². The molecule has 22 heavy (non-hydrogen) atoms. The molecular weight excluding hydrogens is 392 g/mol. The summed E-state index contributed by atoms with van der Waals surface area (Å²) < 4.78 is 33.6. The maximum absolute atomic E-state index is 12.3. The Hall–Kier alpha value is -0.180. The van der Waals surface area contributed by atoms with Gasteiger partial charge in [-0.3, -0.25) is 0 Å². The van der Waals surface area contributed by atoms with E-state index in [9.17, 15) is 8.42 Å². The molecule has 1 aromatic rings. The minimum atomic E-state index is -3.48. The van der Waals surface area contributed by atoms with E-state index in [0.717, 1.165) is 30.4 Å². The highest BCUT2D eigenvalue weighted by Gasteiger charge is 2.33. The van der Waals surface area contributed by atoms with E-state index in [1.807, 2.05) is 0 Å². The van der Waals surface area contributed by atoms with Crippen LogP contribution in [0.3, 0.4) is 0 Å². The van der Waals surface area contributed by atoms with Crippen molar-refractivity contribution in [3.05, 3.63) is 28.7 Å². The summed E-state index contributed by atoms with van der Waals surface area (Å²) in [6.45, 7) is 2.76. The molecule has 126 valence electrons. The van der Waals surface area contributed by atoms with Crippen molar-refractivity contribution in [1.82, 2.24) is 10.0 Å². The molecule has 1 aliphatic heterocycles. The first kappa shape index (κ1) is 19.9. The van der Waals surface area contributed by atoms with E-state index in [0.29, 0.717) is 13.2 Å². The van der Waals surface area contributed by atoms with E-state index in [2.05, 4.69) is 26.0 Å². The molecule has 1 fully saturated rings. The number of piperidine rings is 1. The van der Waals surface area contributed by atoms with Crippen molar-refractivity contribution in [2.45, 2.75) is 17.7 Å². The molecule has 0 unspecified atom stereocenters. The lowest BCUT2D eigenvalue weighted by atomic mass is 9.80. The topological polar surface area (TPSA) is 67.4 Å². The molecular formula is C14H22BrClN2O3S. The van der Waals surface area contributed by atoms with Crippen LogP contribution in [0, 0.1) is 5.41 Å². The molecule has 1 heterocycles. The predicted octanol–water partition coefficient (Wildman–Crippen LogP) is 2.17. The number of hydrogen-bond acceptors (Lipinski definition) is 4. The number of hydrogen-bond donors (Lipinski definition) is 2. The second-order valence-electron chi connectivity index (χ2n) is 5.46. The summed E-state index contributed by atoms with van der Waals surface area (Å²) in [6.07, 6.45) is 1.81. The van der Waals surface area contributed by atoms with Crippen LogP contribution in [-0.2, 0) is 14.8 Å². The van der Waals surface area contributed by atoms with Crippen molar-refractivity contribution >= 4 is 38.4 Å². The Morgan fingerprint density at radius 3 is 2.41 bits per heavy atom. The zero-order chi connectivity index (χ0) is 15.3. The van der Waals surface area contributed by atoms with Crippen molar-refractivity contribution in [3.8, 4) is 0 Å². The molecule has 0 radical (unpaired) electrons. The number of ether oxygens (including phenoxy) is 1. The van der Waals surface area contributed by atoms with Crippen molar-refractivity contribution in [1.29, 1.82) is 0 Å². The summed E-state index contributed by atoms with van der Waals surface area (Å²) in [4.78, 5) is 0.284. The molecule has 1 saturated heterocycles. The van der Waals surface area contributed by atoms with E-state index in [1.165, 1.54) is 0 Å². The van der Waals surface area contributed by atoms with Crippen LogP contribution in [0.2, 0.25) is 0 Å². The molecule has 8 heteroatoms. The average molecular weight is 414 g/mol. The summed E-state index contributed by atoms with van der Waals surface area (Å²) in [5.41, 5.74) is -0.123. The SMILES string of the molecule is COCC1(CNS(=O)(=O)c2ccc(Br)cc2)CCNCC1.Cl. The first-order chi connectivity index (χ1) is 9.97. The first-order valence-corrected chi connectivity index (χ1v) is 9.20. The van der Waals surface area contributed by atoms with Crippen LogP contribution in [0.4, 0.5) is 0 Å². The number of nitrogens with one attached hydrogen (secondary N) is 2. The predicted molar refractivity (Wildman–Crippen MR) is 93.0 cm³/mol. The van der Waals surface area contributed by atoms with Gasteiger partial charge in [-0.2, -0.15) is 0 Å². The molecule has 0 atom stereocenters. The monoisotopic (exact) mass is 412 g/mol. The summed E-state index contributed by atoms with van der Waals surface area (Å²) in [6, 6.07) is 6.64. The fourth-order valence-corrected chi connectivity index (χ4v) is 4.00. The van der Waals surface area contributed by atoms with E-state index in [4.69, 9.17) is 4.74 Å². The Bertz CT molecular complexity index is 554. The number of rotatable bonds is 6. The third kappa shape index (κ3) is 5.18. The van der Waals surface area contributed by atoms with E-state index in [1.54, 1.807) is 31.4 Å². The minimum absolute atomic E-state index is 0. The van der Waals surface area contributed by atoms with Crippen LogP contribution in [-0.4, -0.2) is 41.8 Å². The molecule has 0 aromatic heterocycles. The molecule has 0 spiro atoms. The van der Waals surface area contributed by atoms with Crippen LogP contribution in [0.5, 0.6) is 0 Å². The molecule has 2 rings (SSSR count). The number of halogens is 2. The van der Waals surface area contributed by atoms with Crippen LogP contribution < -0.4 is 10.0 Å². The van der Waals surface area contributed by atoms with Gasteiger partial charge in [-0.1, -0.05) is 15.9 Å². The highest BCUT2D eigenvalue weighted by atomic mass is 79.9. The van der Waals surface area contributed by atoms with Crippen LogP contribution in [0.15, 0.2) is 33.6 Å². The van der Waals surface area contributed by atoms with Gasteiger partial charge in [0.15, 0.2) is 0 Å². The van der Waals surface area contributed by atoms with Gasteiger partial charge in [-0.05, 0) is 50.2 Å². The third-order valence-electron chi connectivity index (χ3n) is 3.88. The minimum Gasteiger partial charge on any atom is -0.384 e. The van der Waals surface area contributed by atoms with Crippen molar-refractivity contribution in [2.24, 2.45) is 5.41 Å². The maximum Gasteiger partial charge on any atom is 0.240 e. The van der Waals surface area contributed by atoms with Crippen molar-refractivity contribution in [2.75, 3.05) is 33.4 Å². The summed E-state index contributed by atoms with van der Waals surface area (Å²) in [5.74, 6) is 0. The number of methoxy groups -OCH3 is 1. The molecule has 1 aromatic carbocycles. The van der Waals surface area contributed by atoms with Gasteiger partial charge in [0.2, 0.25) is 10.0 Å².